The van der Waals surface area contributed by atoms with Gasteiger partial charge in [0.25, 0.3) is 0 Å². The van der Waals surface area contributed by atoms with Crippen molar-refractivity contribution >= 4 is 12.1 Å². The highest BCUT2D eigenvalue weighted by Crippen LogP contribution is 2.35. The SMILES string of the molecule is CC(C)(C)OC(=O)NC(C(=O)O)[C@@H]1CCOc2ccccc21. The summed E-state index contributed by atoms with van der Waals surface area (Å²) in [5, 5.41) is 12.0. The molecule has 1 aliphatic rings. The molecule has 1 amide bonds. The van der Waals surface area contributed by atoms with Gasteiger partial charge in [0.05, 0.1) is 6.61 Å². The number of carbonyl (C=O) groups is 2. The van der Waals surface area contributed by atoms with E-state index in [2.05, 4.69) is 5.32 Å². The molecule has 120 valence electrons. The summed E-state index contributed by atoms with van der Waals surface area (Å²) in [5.41, 5.74) is 0.109. The zero-order valence-corrected chi connectivity index (χ0v) is 13.0. The standard InChI is InChI=1S/C16H21NO5/c1-16(2,3)22-15(20)17-13(14(18)19)11-8-9-21-12-7-5-4-6-10(11)12/h4-7,11,13H,8-9H2,1-3H3,(H,17,20)(H,18,19)/t11-,13?/m1/s1. The van der Waals surface area contributed by atoms with Gasteiger partial charge in [0.2, 0.25) is 0 Å². The second kappa shape index (κ2) is 6.25. The third kappa shape index (κ3) is 3.90. The highest BCUT2D eigenvalue weighted by Gasteiger charge is 2.35. The average molecular weight is 307 g/mol. The van der Waals surface area contributed by atoms with E-state index in [0.717, 1.165) is 5.56 Å². The van der Waals surface area contributed by atoms with Gasteiger partial charge in [-0.1, -0.05) is 18.2 Å². The first-order valence-electron chi connectivity index (χ1n) is 7.22. The molecule has 0 saturated carbocycles. The molecule has 1 aromatic carbocycles. The summed E-state index contributed by atoms with van der Waals surface area (Å²) in [6, 6.07) is 6.23. The summed E-state index contributed by atoms with van der Waals surface area (Å²) in [4.78, 5) is 23.5. The smallest absolute Gasteiger partial charge is 0.408 e. The summed E-state index contributed by atoms with van der Waals surface area (Å²) in [7, 11) is 0. The number of hydrogen-bond donors (Lipinski definition) is 2. The number of carboxylic acids is 1. The number of carbonyl (C=O) groups excluding carboxylic acids is 1. The van der Waals surface area contributed by atoms with Crippen LogP contribution in [0, 0.1) is 0 Å². The minimum absolute atomic E-state index is 0.352. The Kier molecular flexibility index (Phi) is 4.59. The molecule has 0 radical (unpaired) electrons. The fraction of sp³-hybridized carbons (Fsp3) is 0.500. The number of para-hydroxylation sites is 1. The lowest BCUT2D eigenvalue weighted by molar-refractivity contribution is -0.140. The van der Waals surface area contributed by atoms with Crippen molar-refractivity contribution in [3.63, 3.8) is 0 Å². The first-order valence-corrected chi connectivity index (χ1v) is 7.22. The molecule has 0 aromatic heterocycles. The van der Waals surface area contributed by atoms with E-state index in [-0.39, 0.29) is 5.92 Å². The molecule has 1 unspecified atom stereocenters. The lowest BCUT2D eigenvalue weighted by Crippen LogP contribution is -2.47. The normalized spacial score (nSPS) is 18.6. The summed E-state index contributed by atoms with van der Waals surface area (Å²) >= 11 is 0. The molecule has 6 heteroatoms. The summed E-state index contributed by atoms with van der Waals surface area (Å²) in [6.07, 6.45) is -0.215. The molecule has 6 nitrogen and oxygen atoms in total. The van der Waals surface area contributed by atoms with E-state index >= 15 is 0 Å². The molecular formula is C16H21NO5. The number of nitrogens with one attached hydrogen (secondary N) is 1. The zero-order chi connectivity index (χ0) is 16.3. The zero-order valence-electron chi connectivity index (χ0n) is 13.0. The molecule has 0 saturated heterocycles. The van der Waals surface area contributed by atoms with E-state index in [4.69, 9.17) is 9.47 Å². The molecule has 2 N–H and O–H groups in total. The molecular weight excluding hydrogens is 286 g/mol. The predicted molar refractivity (Wildman–Crippen MR) is 80.1 cm³/mol. The number of benzene rings is 1. The van der Waals surface area contributed by atoms with Gasteiger partial charge in [0.1, 0.15) is 17.4 Å². The van der Waals surface area contributed by atoms with Crippen molar-refractivity contribution in [1.82, 2.24) is 5.32 Å². The van der Waals surface area contributed by atoms with Gasteiger partial charge < -0.3 is 19.9 Å². The van der Waals surface area contributed by atoms with Crippen LogP contribution >= 0.6 is 0 Å². The number of ether oxygens (including phenoxy) is 2. The Bertz CT molecular complexity index is 564. The van der Waals surface area contributed by atoms with Crippen molar-refractivity contribution in [2.24, 2.45) is 0 Å². The van der Waals surface area contributed by atoms with Gasteiger partial charge in [-0.05, 0) is 38.8 Å². The molecule has 0 spiro atoms. The molecule has 22 heavy (non-hydrogen) atoms. The van der Waals surface area contributed by atoms with Crippen LogP contribution in [-0.2, 0) is 9.53 Å². The van der Waals surface area contributed by atoms with E-state index in [1.807, 2.05) is 18.2 Å². The second-order valence-corrected chi connectivity index (χ2v) is 6.24. The molecule has 2 rings (SSSR count). The van der Waals surface area contributed by atoms with E-state index in [9.17, 15) is 14.7 Å². The van der Waals surface area contributed by atoms with E-state index in [1.54, 1.807) is 26.8 Å². The van der Waals surface area contributed by atoms with Crippen LogP contribution in [0.3, 0.4) is 0 Å². The van der Waals surface area contributed by atoms with Crippen LogP contribution in [0.2, 0.25) is 0 Å². The maximum absolute atomic E-state index is 11.9. The van der Waals surface area contributed by atoms with Gasteiger partial charge >= 0.3 is 12.1 Å². The topological polar surface area (TPSA) is 84.9 Å². The number of hydrogen-bond acceptors (Lipinski definition) is 4. The third-order valence-electron chi connectivity index (χ3n) is 3.35. The van der Waals surface area contributed by atoms with E-state index in [0.29, 0.717) is 18.8 Å². The van der Waals surface area contributed by atoms with Crippen LogP contribution in [0.4, 0.5) is 4.79 Å². The van der Waals surface area contributed by atoms with Crippen LogP contribution in [-0.4, -0.2) is 35.4 Å². The average Bonchev–Trinajstić information content (AvgIpc) is 2.42. The number of aliphatic carboxylic acids is 1. The van der Waals surface area contributed by atoms with Crippen molar-refractivity contribution in [2.45, 2.75) is 44.8 Å². The molecule has 2 atom stereocenters. The summed E-state index contributed by atoms with van der Waals surface area (Å²) in [5.74, 6) is -0.779. The van der Waals surface area contributed by atoms with E-state index in [1.165, 1.54) is 0 Å². The lowest BCUT2D eigenvalue weighted by Gasteiger charge is -2.31. The third-order valence-corrected chi connectivity index (χ3v) is 3.35. The molecule has 1 heterocycles. The number of fused-ring (bicyclic) bond motifs is 1. The van der Waals surface area contributed by atoms with Crippen molar-refractivity contribution in [3.8, 4) is 5.75 Å². The van der Waals surface area contributed by atoms with Gasteiger partial charge in [-0.3, -0.25) is 0 Å². The van der Waals surface area contributed by atoms with Crippen LogP contribution in [0.25, 0.3) is 0 Å². The van der Waals surface area contributed by atoms with Crippen LogP contribution < -0.4 is 10.1 Å². The molecule has 0 fully saturated rings. The van der Waals surface area contributed by atoms with Crippen LogP contribution in [0.15, 0.2) is 24.3 Å². The largest absolute Gasteiger partial charge is 0.493 e. The van der Waals surface area contributed by atoms with E-state index < -0.39 is 23.7 Å². The second-order valence-electron chi connectivity index (χ2n) is 6.24. The Morgan fingerprint density at radius 3 is 2.68 bits per heavy atom. The van der Waals surface area contributed by atoms with Crippen LogP contribution in [0.1, 0.15) is 38.7 Å². The maximum atomic E-state index is 11.9. The summed E-state index contributed by atoms with van der Waals surface area (Å²) < 4.78 is 10.7. The Hall–Kier alpha value is -2.24. The molecule has 1 aromatic rings. The Balaban J connectivity index is 2.19. The fourth-order valence-electron chi connectivity index (χ4n) is 2.48. The molecule has 0 aliphatic carbocycles. The first-order chi connectivity index (χ1) is 10.3. The number of amides is 1. The highest BCUT2D eigenvalue weighted by atomic mass is 16.6. The Labute approximate surface area is 129 Å². The number of rotatable bonds is 3. The summed E-state index contributed by atoms with van der Waals surface area (Å²) in [6.45, 7) is 5.60. The van der Waals surface area contributed by atoms with Gasteiger partial charge in [-0.2, -0.15) is 0 Å². The Morgan fingerprint density at radius 2 is 2.05 bits per heavy atom. The first kappa shape index (κ1) is 16.1. The van der Waals surface area contributed by atoms with Crippen molar-refractivity contribution in [1.29, 1.82) is 0 Å². The van der Waals surface area contributed by atoms with Crippen molar-refractivity contribution in [3.05, 3.63) is 29.8 Å². The van der Waals surface area contributed by atoms with Gasteiger partial charge in [-0.25, -0.2) is 9.59 Å². The van der Waals surface area contributed by atoms with Crippen molar-refractivity contribution < 1.29 is 24.2 Å². The highest BCUT2D eigenvalue weighted by molar-refractivity contribution is 5.81. The monoisotopic (exact) mass is 307 g/mol. The van der Waals surface area contributed by atoms with Gasteiger partial charge in [-0.15, -0.1) is 0 Å². The van der Waals surface area contributed by atoms with Crippen LogP contribution in [0.5, 0.6) is 5.75 Å². The predicted octanol–water partition coefficient (Wildman–Crippen LogP) is 2.53. The minimum atomic E-state index is -1.09. The number of carboxylic acid groups (broad SMARTS) is 1. The number of alkyl carbamates (subject to hydrolysis) is 1. The van der Waals surface area contributed by atoms with Crippen molar-refractivity contribution in [2.75, 3.05) is 6.61 Å². The molecule has 1 aliphatic heterocycles. The minimum Gasteiger partial charge on any atom is -0.493 e. The fourth-order valence-corrected chi connectivity index (χ4v) is 2.48. The Morgan fingerprint density at radius 1 is 1.36 bits per heavy atom. The molecule has 0 bridgehead atoms. The lowest BCUT2D eigenvalue weighted by atomic mass is 9.86. The van der Waals surface area contributed by atoms with Gasteiger partial charge in [0.15, 0.2) is 0 Å². The quantitative estimate of drug-likeness (QED) is 0.896. The maximum Gasteiger partial charge on any atom is 0.408 e. The van der Waals surface area contributed by atoms with Gasteiger partial charge in [0, 0.05) is 5.92 Å².